The number of nitrogens with zero attached hydrogens (tertiary/aromatic N) is 1. The Morgan fingerprint density at radius 1 is 1.33 bits per heavy atom. The SMILES string of the molecule is C[C@H](OC[C@H]1CCCCO1)C(=O)N1CCO[C@H](C(=O)O)C1. The van der Waals surface area contributed by atoms with Gasteiger partial charge in [-0.05, 0) is 26.2 Å². The maximum absolute atomic E-state index is 12.3. The average Bonchev–Trinajstić information content (AvgIpc) is 2.53. The van der Waals surface area contributed by atoms with Crippen LogP contribution in [0, 0.1) is 0 Å². The lowest BCUT2D eigenvalue weighted by atomic mass is 10.1. The highest BCUT2D eigenvalue weighted by Crippen LogP contribution is 2.14. The number of carbonyl (C=O) groups is 2. The van der Waals surface area contributed by atoms with Crippen LogP contribution in [0.5, 0.6) is 0 Å². The van der Waals surface area contributed by atoms with Crippen molar-refractivity contribution in [3.63, 3.8) is 0 Å². The van der Waals surface area contributed by atoms with E-state index in [-0.39, 0.29) is 25.2 Å². The quantitative estimate of drug-likeness (QED) is 0.784. The molecule has 0 spiro atoms. The molecule has 120 valence electrons. The number of rotatable bonds is 5. The zero-order valence-electron chi connectivity index (χ0n) is 12.3. The van der Waals surface area contributed by atoms with Crippen LogP contribution in [0.3, 0.4) is 0 Å². The van der Waals surface area contributed by atoms with E-state index < -0.39 is 18.2 Å². The predicted octanol–water partition coefficient (Wildman–Crippen LogP) is 0.273. The molecule has 0 aromatic rings. The Kier molecular flexibility index (Phi) is 5.96. The second-order valence-corrected chi connectivity index (χ2v) is 5.45. The van der Waals surface area contributed by atoms with Crippen LogP contribution in [0.1, 0.15) is 26.2 Å². The molecule has 2 fully saturated rings. The van der Waals surface area contributed by atoms with Gasteiger partial charge in [-0.15, -0.1) is 0 Å². The van der Waals surface area contributed by atoms with Crippen LogP contribution in [-0.4, -0.2) is 73.1 Å². The fraction of sp³-hybridized carbons (Fsp3) is 0.857. The van der Waals surface area contributed by atoms with Crippen LogP contribution in [0.2, 0.25) is 0 Å². The summed E-state index contributed by atoms with van der Waals surface area (Å²) < 4.78 is 16.2. The number of carboxylic acids is 1. The Bertz CT molecular complexity index is 368. The number of carbonyl (C=O) groups excluding carboxylic acids is 1. The van der Waals surface area contributed by atoms with E-state index in [0.717, 1.165) is 25.9 Å². The summed E-state index contributed by atoms with van der Waals surface area (Å²) in [6.07, 6.45) is 1.68. The average molecular weight is 301 g/mol. The normalized spacial score (nSPS) is 28.1. The Morgan fingerprint density at radius 3 is 2.81 bits per heavy atom. The molecule has 0 aromatic carbocycles. The molecule has 2 aliphatic heterocycles. The van der Waals surface area contributed by atoms with Crippen molar-refractivity contribution in [1.82, 2.24) is 4.90 Å². The third-order valence-corrected chi connectivity index (χ3v) is 3.81. The Morgan fingerprint density at radius 2 is 2.14 bits per heavy atom. The lowest BCUT2D eigenvalue weighted by Crippen LogP contribution is -2.51. The maximum atomic E-state index is 12.3. The van der Waals surface area contributed by atoms with E-state index in [0.29, 0.717) is 13.2 Å². The fourth-order valence-electron chi connectivity index (χ4n) is 2.52. The van der Waals surface area contributed by atoms with E-state index >= 15 is 0 Å². The molecule has 1 amide bonds. The zero-order valence-corrected chi connectivity index (χ0v) is 12.3. The van der Waals surface area contributed by atoms with Crippen molar-refractivity contribution >= 4 is 11.9 Å². The molecule has 0 bridgehead atoms. The third kappa shape index (κ3) is 4.66. The van der Waals surface area contributed by atoms with Crippen LogP contribution in [-0.2, 0) is 23.8 Å². The number of ether oxygens (including phenoxy) is 3. The smallest absolute Gasteiger partial charge is 0.334 e. The minimum Gasteiger partial charge on any atom is -0.479 e. The number of hydrogen-bond acceptors (Lipinski definition) is 5. The first-order valence-corrected chi connectivity index (χ1v) is 7.44. The summed E-state index contributed by atoms with van der Waals surface area (Å²) in [6.45, 7) is 3.55. The Balaban J connectivity index is 1.76. The van der Waals surface area contributed by atoms with Crippen molar-refractivity contribution in [2.75, 3.05) is 32.9 Å². The topological polar surface area (TPSA) is 85.3 Å². The van der Waals surface area contributed by atoms with Crippen LogP contribution in [0.25, 0.3) is 0 Å². The van der Waals surface area contributed by atoms with Gasteiger partial charge in [-0.3, -0.25) is 4.79 Å². The van der Waals surface area contributed by atoms with Crippen LogP contribution >= 0.6 is 0 Å². The zero-order chi connectivity index (χ0) is 15.2. The van der Waals surface area contributed by atoms with Crippen LogP contribution in [0.4, 0.5) is 0 Å². The van der Waals surface area contributed by atoms with E-state index in [1.54, 1.807) is 6.92 Å². The highest BCUT2D eigenvalue weighted by molar-refractivity contribution is 5.82. The van der Waals surface area contributed by atoms with E-state index in [1.165, 1.54) is 4.90 Å². The predicted molar refractivity (Wildman–Crippen MR) is 73.0 cm³/mol. The molecular weight excluding hydrogens is 278 g/mol. The first-order valence-electron chi connectivity index (χ1n) is 7.44. The Labute approximate surface area is 124 Å². The highest BCUT2D eigenvalue weighted by atomic mass is 16.5. The number of amides is 1. The largest absolute Gasteiger partial charge is 0.479 e. The van der Waals surface area contributed by atoms with Gasteiger partial charge in [0.25, 0.3) is 5.91 Å². The highest BCUT2D eigenvalue weighted by Gasteiger charge is 2.31. The fourth-order valence-corrected chi connectivity index (χ4v) is 2.52. The van der Waals surface area contributed by atoms with Gasteiger partial charge in [-0.2, -0.15) is 0 Å². The van der Waals surface area contributed by atoms with E-state index in [9.17, 15) is 9.59 Å². The number of hydrogen-bond donors (Lipinski definition) is 1. The van der Waals surface area contributed by atoms with Crippen molar-refractivity contribution in [3.8, 4) is 0 Å². The number of carboxylic acid groups (broad SMARTS) is 1. The second kappa shape index (κ2) is 7.72. The van der Waals surface area contributed by atoms with Gasteiger partial charge in [-0.1, -0.05) is 0 Å². The van der Waals surface area contributed by atoms with Gasteiger partial charge in [0.15, 0.2) is 6.10 Å². The standard InChI is InChI=1S/C14H23NO6/c1-10(21-9-11-4-2-3-6-19-11)13(16)15-5-7-20-12(8-15)14(17)18/h10-12H,2-9H2,1H3,(H,17,18)/t10-,11+,12-/m0/s1. The maximum Gasteiger partial charge on any atom is 0.334 e. The molecule has 0 saturated carbocycles. The first-order chi connectivity index (χ1) is 10.1. The molecule has 21 heavy (non-hydrogen) atoms. The van der Waals surface area contributed by atoms with Crippen molar-refractivity contribution in [2.45, 2.75) is 44.5 Å². The summed E-state index contributed by atoms with van der Waals surface area (Å²) in [5.41, 5.74) is 0. The van der Waals surface area contributed by atoms with Gasteiger partial charge in [0.05, 0.1) is 25.9 Å². The first kappa shape index (κ1) is 16.2. The molecule has 0 radical (unpaired) electrons. The Hall–Kier alpha value is -1.18. The van der Waals surface area contributed by atoms with Crippen LogP contribution in [0.15, 0.2) is 0 Å². The minimum atomic E-state index is -1.04. The molecule has 1 N–H and O–H groups in total. The van der Waals surface area contributed by atoms with Gasteiger partial charge in [0, 0.05) is 13.2 Å². The molecule has 7 nitrogen and oxygen atoms in total. The van der Waals surface area contributed by atoms with Crippen molar-refractivity contribution in [1.29, 1.82) is 0 Å². The van der Waals surface area contributed by atoms with Crippen molar-refractivity contribution in [3.05, 3.63) is 0 Å². The molecule has 2 aliphatic rings. The lowest BCUT2D eigenvalue weighted by molar-refractivity contribution is -0.164. The summed E-state index contributed by atoms with van der Waals surface area (Å²) in [5.74, 6) is -1.24. The summed E-state index contributed by atoms with van der Waals surface area (Å²) in [4.78, 5) is 24.7. The molecule has 7 heteroatoms. The monoisotopic (exact) mass is 301 g/mol. The van der Waals surface area contributed by atoms with Gasteiger partial charge < -0.3 is 24.2 Å². The van der Waals surface area contributed by atoms with Crippen molar-refractivity contribution < 1.29 is 28.9 Å². The third-order valence-electron chi connectivity index (χ3n) is 3.81. The summed E-state index contributed by atoms with van der Waals surface area (Å²) in [5, 5.41) is 8.94. The second-order valence-electron chi connectivity index (χ2n) is 5.45. The van der Waals surface area contributed by atoms with Gasteiger partial charge in [0.2, 0.25) is 0 Å². The van der Waals surface area contributed by atoms with Gasteiger partial charge in [0.1, 0.15) is 6.10 Å². The molecule has 2 heterocycles. The molecule has 2 saturated heterocycles. The summed E-state index contributed by atoms with van der Waals surface area (Å²) in [6, 6.07) is 0. The molecule has 3 atom stereocenters. The molecule has 0 aromatic heterocycles. The van der Waals surface area contributed by atoms with Gasteiger partial charge >= 0.3 is 5.97 Å². The molecule has 2 rings (SSSR count). The summed E-state index contributed by atoms with van der Waals surface area (Å²) in [7, 11) is 0. The van der Waals surface area contributed by atoms with E-state index in [2.05, 4.69) is 0 Å². The number of aliphatic carboxylic acids is 1. The molecular formula is C14H23NO6. The van der Waals surface area contributed by atoms with E-state index in [1.807, 2.05) is 0 Å². The van der Waals surface area contributed by atoms with Crippen LogP contribution < -0.4 is 0 Å². The lowest BCUT2D eigenvalue weighted by Gasteiger charge is -2.33. The summed E-state index contributed by atoms with van der Waals surface area (Å²) >= 11 is 0. The van der Waals surface area contributed by atoms with E-state index in [4.69, 9.17) is 19.3 Å². The van der Waals surface area contributed by atoms with Gasteiger partial charge in [-0.25, -0.2) is 4.79 Å². The molecule has 0 aliphatic carbocycles. The van der Waals surface area contributed by atoms with Crippen molar-refractivity contribution in [2.24, 2.45) is 0 Å². The minimum absolute atomic E-state index is 0.0606. The number of morpholine rings is 1. The molecule has 0 unspecified atom stereocenters.